The standard InChI is InChI=1S/C23H17N3O4S/c1-29-22(27)17-8-3-6-15(24-17)19-12-14(21-10-5-11-31-21)13-20(26-19)16-7-4-9-18(25-16)23(28)30-2/h3-13H,1-2H3. The van der Waals surface area contributed by atoms with Crippen molar-refractivity contribution in [3.05, 3.63) is 77.4 Å². The third-order valence-electron chi connectivity index (χ3n) is 4.44. The van der Waals surface area contributed by atoms with Crippen LogP contribution in [0.3, 0.4) is 0 Å². The zero-order valence-electron chi connectivity index (χ0n) is 16.7. The van der Waals surface area contributed by atoms with E-state index in [9.17, 15) is 9.59 Å². The van der Waals surface area contributed by atoms with Crippen molar-refractivity contribution in [1.82, 2.24) is 15.0 Å². The van der Waals surface area contributed by atoms with Crippen LogP contribution in [0, 0.1) is 0 Å². The summed E-state index contributed by atoms with van der Waals surface area (Å²) in [6.07, 6.45) is 0. The van der Waals surface area contributed by atoms with Gasteiger partial charge in [0, 0.05) is 4.88 Å². The maximum absolute atomic E-state index is 11.9. The molecule has 0 bridgehead atoms. The minimum Gasteiger partial charge on any atom is -0.464 e. The Morgan fingerprint density at radius 3 is 1.71 bits per heavy atom. The molecule has 0 radical (unpaired) electrons. The van der Waals surface area contributed by atoms with Crippen molar-refractivity contribution in [2.45, 2.75) is 0 Å². The van der Waals surface area contributed by atoms with Crippen LogP contribution in [-0.4, -0.2) is 41.1 Å². The molecule has 31 heavy (non-hydrogen) atoms. The number of thiophene rings is 1. The van der Waals surface area contributed by atoms with Gasteiger partial charge >= 0.3 is 11.9 Å². The van der Waals surface area contributed by atoms with E-state index < -0.39 is 11.9 Å². The topological polar surface area (TPSA) is 91.3 Å². The predicted molar refractivity (Wildman–Crippen MR) is 117 cm³/mol. The van der Waals surface area contributed by atoms with Gasteiger partial charge in [-0.2, -0.15) is 0 Å². The number of nitrogens with zero attached hydrogens (tertiary/aromatic N) is 3. The normalized spacial score (nSPS) is 10.5. The molecule has 4 aromatic heterocycles. The summed E-state index contributed by atoms with van der Waals surface area (Å²) in [6, 6.07) is 17.9. The molecule has 8 heteroatoms. The number of carbonyl (C=O) groups excluding carboxylic acids is 2. The number of hydrogen-bond acceptors (Lipinski definition) is 8. The number of hydrogen-bond donors (Lipinski definition) is 0. The molecule has 0 aromatic carbocycles. The number of methoxy groups -OCH3 is 2. The minimum absolute atomic E-state index is 0.190. The SMILES string of the molecule is COC(=O)c1cccc(-c2cc(-c3cccs3)cc(-c3cccc(C(=O)OC)n3)n2)n1. The first-order chi connectivity index (χ1) is 15.1. The molecule has 4 rings (SSSR count). The Morgan fingerprint density at radius 2 is 1.26 bits per heavy atom. The van der Waals surface area contributed by atoms with Gasteiger partial charge < -0.3 is 9.47 Å². The minimum atomic E-state index is -0.524. The Kier molecular flexibility index (Phi) is 5.81. The summed E-state index contributed by atoms with van der Waals surface area (Å²) in [5.74, 6) is -1.05. The molecule has 0 aliphatic carbocycles. The predicted octanol–water partition coefficient (Wildman–Crippen LogP) is 4.51. The van der Waals surface area contributed by atoms with Crippen LogP contribution in [0.25, 0.3) is 33.2 Å². The van der Waals surface area contributed by atoms with Crippen LogP contribution in [0.15, 0.2) is 66.0 Å². The summed E-state index contributed by atoms with van der Waals surface area (Å²) in [7, 11) is 2.62. The second-order valence-electron chi connectivity index (χ2n) is 6.40. The first-order valence-electron chi connectivity index (χ1n) is 9.26. The van der Waals surface area contributed by atoms with Crippen LogP contribution in [0.2, 0.25) is 0 Å². The lowest BCUT2D eigenvalue weighted by molar-refractivity contribution is 0.0585. The van der Waals surface area contributed by atoms with Crippen molar-refractivity contribution >= 4 is 23.3 Å². The van der Waals surface area contributed by atoms with Gasteiger partial charge in [0.15, 0.2) is 0 Å². The summed E-state index contributed by atoms with van der Waals surface area (Å²) in [5.41, 5.74) is 3.48. The second-order valence-corrected chi connectivity index (χ2v) is 7.35. The fraction of sp³-hybridized carbons (Fsp3) is 0.0870. The largest absolute Gasteiger partial charge is 0.464 e. The number of pyridine rings is 3. The lowest BCUT2D eigenvalue weighted by Crippen LogP contribution is -2.06. The quantitative estimate of drug-likeness (QED) is 0.429. The molecule has 0 unspecified atom stereocenters. The molecule has 0 spiro atoms. The zero-order valence-corrected chi connectivity index (χ0v) is 17.6. The molecule has 7 nitrogen and oxygen atoms in total. The lowest BCUT2D eigenvalue weighted by Gasteiger charge is -2.09. The van der Waals surface area contributed by atoms with Crippen LogP contribution in [0.1, 0.15) is 21.0 Å². The highest BCUT2D eigenvalue weighted by Crippen LogP contribution is 2.31. The van der Waals surface area contributed by atoms with E-state index in [4.69, 9.17) is 14.5 Å². The average molecular weight is 431 g/mol. The molecular weight excluding hydrogens is 414 g/mol. The van der Waals surface area contributed by atoms with Gasteiger partial charge in [0.1, 0.15) is 11.4 Å². The molecule has 4 aromatic rings. The van der Waals surface area contributed by atoms with E-state index in [0.717, 1.165) is 10.4 Å². The van der Waals surface area contributed by atoms with Crippen LogP contribution in [-0.2, 0) is 9.47 Å². The van der Waals surface area contributed by atoms with Crippen molar-refractivity contribution in [3.63, 3.8) is 0 Å². The Hall–Kier alpha value is -3.91. The number of aromatic nitrogens is 3. The number of ether oxygens (including phenoxy) is 2. The van der Waals surface area contributed by atoms with Gasteiger partial charge in [-0.3, -0.25) is 0 Å². The number of carbonyl (C=O) groups is 2. The van der Waals surface area contributed by atoms with E-state index in [1.54, 1.807) is 47.7 Å². The molecule has 0 N–H and O–H groups in total. The van der Waals surface area contributed by atoms with Gasteiger partial charge in [-0.15, -0.1) is 11.3 Å². The molecule has 0 atom stereocenters. The monoisotopic (exact) mass is 431 g/mol. The third-order valence-corrected chi connectivity index (χ3v) is 5.36. The van der Waals surface area contributed by atoms with E-state index in [1.807, 2.05) is 29.6 Å². The molecule has 0 fully saturated rings. The summed E-state index contributed by atoms with van der Waals surface area (Å²) in [5, 5.41) is 1.99. The van der Waals surface area contributed by atoms with Gasteiger partial charge in [0.2, 0.25) is 0 Å². The summed E-state index contributed by atoms with van der Waals surface area (Å²) in [6.45, 7) is 0. The Balaban J connectivity index is 1.87. The molecule has 0 aliphatic rings. The number of rotatable bonds is 5. The first kappa shape index (κ1) is 20.4. The maximum atomic E-state index is 11.9. The Bertz CT molecular complexity index is 1180. The van der Waals surface area contributed by atoms with Gasteiger partial charge in [0.05, 0.1) is 37.0 Å². The van der Waals surface area contributed by atoms with E-state index in [1.165, 1.54) is 14.2 Å². The van der Waals surface area contributed by atoms with Crippen LogP contribution >= 0.6 is 11.3 Å². The maximum Gasteiger partial charge on any atom is 0.356 e. The average Bonchev–Trinajstić information content (AvgIpc) is 3.38. The molecule has 4 heterocycles. The third kappa shape index (κ3) is 4.34. The smallest absolute Gasteiger partial charge is 0.356 e. The molecule has 0 aliphatic heterocycles. The van der Waals surface area contributed by atoms with Crippen LogP contribution in [0.5, 0.6) is 0 Å². The second kappa shape index (κ2) is 8.85. The Labute approximate surface area is 182 Å². The van der Waals surface area contributed by atoms with Crippen molar-refractivity contribution < 1.29 is 19.1 Å². The van der Waals surface area contributed by atoms with E-state index in [0.29, 0.717) is 22.8 Å². The molecular formula is C23H17N3O4S. The fourth-order valence-electron chi connectivity index (χ4n) is 2.97. The van der Waals surface area contributed by atoms with Crippen molar-refractivity contribution in [2.24, 2.45) is 0 Å². The lowest BCUT2D eigenvalue weighted by atomic mass is 10.1. The van der Waals surface area contributed by atoms with Gasteiger partial charge in [-0.05, 0) is 53.4 Å². The van der Waals surface area contributed by atoms with E-state index >= 15 is 0 Å². The van der Waals surface area contributed by atoms with Crippen molar-refractivity contribution in [1.29, 1.82) is 0 Å². The van der Waals surface area contributed by atoms with Crippen molar-refractivity contribution in [2.75, 3.05) is 14.2 Å². The molecule has 0 saturated carbocycles. The summed E-state index contributed by atoms with van der Waals surface area (Å²) in [4.78, 5) is 38.4. The fourth-order valence-corrected chi connectivity index (χ4v) is 3.68. The van der Waals surface area contributed by atoms with Crippen LogP contribution in [0.4, 0.5) is 0 Å². The highest BCUT2D eigenvalue weighted by Gasteiger charge is 2.15. The zero-order chi connectivity index (χ0) is 21.8. The molecule has 0 amide bonds. The Morgan fingerprint density at radius 1 is 0.710 bits per heavy atom. The van der Waals surface area contributed by atoms with Crippen LogP contribution < -0.4 is 0 Å². The highest BCUT2D eigenvalue weighted by molar-refractivity contribution is 7.13. The van der Waals surface area contributed by atoms with E-state index in [-0.39, 0.29) is 11.4 Å². The first-order valence-corrected chi connectivity index (χ1v) is 10.1. The van der Waals surface area contributed by atoms with Crippen molar-refractivity contribution in [3.8, 4) is 33.2 Å². The highest BCUT2D eigenvalue weighted by atomic mass is 32.1. The number of esters is 2. The van der Waals surface area contributed by atoms with Gasteiger partial charge in [-0.25, -0.2) is 24.5 Å². The van der Waals surface area contributed by atoms with E-state index in [2.05, 4.69) is 9.97 Å². The van der Waals surface area contributed by atoms with Gasteiger partial charge in [0.25, 0.3) is 0 Å². The molecule has 0 saturated heterocycles. The molecule has 154 valence electrons. The summed E-state index contributed by atoms with van der Waals surface area (Å²) < 4.78 is 9.55. The summed E-state index contributed by atoms with van der Waals surface area (Å²) >= 11 is 1.59. The van der Waals surface area contributed by atoms with Gasteiger partial charge in [-0.1, -0.05) is 18.2 Å².